The second-order valence-electron chi connectivity index (χ2n) is 4.99. The molecule has 1 heterocycles. The first kappa shape index (κ1) is 12.3. The first-order valence-corrected chi connectivity index (χ1v) is 6.38. The zero-order chi connectivity index (χ0) is 12.4. The Morgan fingerprint density at radius 2 is 2.06 bits per heavy atom. The summed E-state index contributed by atoms with van der Waals surface area (Å²) in [5.41, 5.74) is 0. The van der Waals surface area contributed by atoms with Crippen molar-refractivity contribution in [3.8, 4) is 0 Å². The van der Waals surface area contributed by atoms with E-state index in [2.05, 4.69) is 11.9 Å². The van der Waals surface area contributed by atoms with Crippen LogP contribution in [0.3, 0.4) is 0 Å². The van der Waals surface area contributed by atoms with Gasteiger partial charge < -0.3 is 0 Å². The highest BCUT2D eigenvalue weighted by Gasteiger charge is 2.42. The van der Waals surface area contributed by atoms with E-state index in [0.29, 0.717) is 6.42 Å². The molecule has 2 atom stereocenters. The van der Waals surface area contributed by atoms with Crippen molar-refractivity contribution in [2.75, 3.05) is 0 Å². The lowest BCUT2D eigenvalue weighted by atomic mass is 10.2. The number of nitrogens with one attached hydrogen (secondary N) is 1. The lowest BCUT2D eigenvalue weighted by Gasteiger charge is -2.22. The Labute approximate surface area is 102 Å². The second kappa shape index (κ2) is 5.00. The summed E-state index contributed by atoms with van der Waals surface area (Å²) in [6, 6.07) is -0.141. The summed E-state index contributed by atoms with van der Waals surface area (Å²) in [7, 11) is 0. The van der Waals surface area contributed by atoms with Crippen LogP contribution < -0.4 is 5.32 Å². The van der Waals surface area contributed by atoms with Crippen molar-refractivity contribution >= 4 is 11.8 Å². The number of carbonyl (C=O) groups excluding carboxylic acids is 2. The molecule has 0 aromatic carbocycles. The molecule has 2 unspecified atom stereocenters. The van der Waals surface area contributed by atoms with Crippen molar-refractivity contribution in [1.29, 1.82) is 0 Å². The minimum atomic E-state index is -0.351. The van der Waals surface area contributed by atoms with Crippen molar-refractivity contribution in [1.82, 2.24) is 10.2 Å². The van der Waals surface area contributed by atoms with E-state index in [9.17, 15) is 9.59 Å². The molecule has 0 bridgehead atoms. The molecule has 2 amide bonds. The largest absolute Gasteiger partial charge is 0.299 e. The molecule has 0 aromatic heterocycles. The van der Waals surface area contributed by atoms with Crippen LogP contribution in [0.15, 0.2) is 12.7 Å². The SMILES string of the molecule is C=CC(C)NC1CC(=O)N(C2CCCC2)C1=O. The van der Waals surface area contributed by atoms with Gasteiger partial charge in [0.05, 0.1) is 12.5 Å². The maximum atomic E-state index is 12.2. The first-order chi connectivity index (χ1) is 8.13. The van der Waals surface area contributed by atoms with E-state index in [1.807, 2.05) is 6.92 Å². The van der Waals surface area contributed by atoms with Crippen molar-refractivity contribution in [3.63, 3.8) is 0 Å². The van der Waals surface area contributed by atoms with E-state index in [1.165, 1.54) is 4.90 Å². The third-order valence-corrected chi connectivity index (χ3v) is 3.69. The summed E-state index contributed by atoms with van der Waals surface area (Å²) in [6.07, 6.45) is 6.25. The highest BCUT2D eigenvalue weighted by molar-refractivity contribution is 6.05. The molecule has 2 fully saturated rings. The van der Waals surface area contributed by atoms with Crippen LogP contribution >= 0.6 is 0 Å². The average molecular weight is 236 g/mol. The van der Waals surface area contributed by atoms with Crippen LogP contribution in [0.25, 0.3) is 0 Å². The van der Waals surface area contributed by atoms with Crippen LogP contribution in [-0.4, -0.2) is 34.8 Å². The lowest BCUT2D eigenvalue weighted by molar-refractivity contribution is -0.141. The van der Waals surface area contributed by atoms with Gasteiger partial charge in [-0.25, -0.2) is 0 Å². The van der Waals surface area contributed by atoms with Gasteiger partial charge in [-0.05, 0) is 19.8 Å². The van der Waals surface area contributed by atoms with Crippen molar-refractivity contribution in [3.05, 3.63) is 12.7 Å². The van der Waals surface area contributed by atoms with Gasteiger partial charge in [0.2, 0.25) is 11.8 Å². The van der Waals surface area contributed by atoms with Gasteiger partial charge in [-0.15, -0.1) is 6.58 Å². The monoisotopic (exact) mass is 236 g/mol. The third-order valence-electron chi connectivity index (χ3n) is 3.69. The highest BCUT2D eigenvalue weighted by atomic mass is 16.2. The zero-order valence-electron chi connectivity index (χ0n) is 10.3. The normalized spacial score (nSPS) is 27.8. The number of rotatable bonds is 4. The minimum Gasteiger partial charge on any atom is -0.299 e. The molecule has 0 radical (unpaired) electrons. The van der Waals surface area contributed by atoms with Crippen molar-refractivity contribution < 1.29 is 9.59 Å². The maximum absolute atomic E-state index is 12.2. The van der Waals surface area contributed by atoms with Crippen LogP contribution in [0, 0.1) is 0 Å². The number of imide groups is 1. The van der Waals surface area contributed by atoms with E-state index >= 15 is 0 Å². The van der Waals surface area contributed by atoms with Gasteiger partial charge in [0.25, 0.3) is 0 Å². The summed E-state index contributed by atoms with van der Waals surface area (Å²) in [4.78, 5) is 25.6. The quantitative estimate of drug-likeness (QED) is 0.590. The van der Waals surface area contributed by atoms with E-state index in [0.717, 1.165) is 25.7 Å². The smallest absolute Gasteiger partial charge is 0.247 e. The molecule has 2 aliphatic rings. The zero-order valence-corrected chi connectivity index (χ0v) is 10.3. The predicted molar refractivity (Wildman–Crippen MR) is 65.3 cm³/mol. The summed E-state index contributed by atoms with van der Waals surface area (Å²) in [5, 5.41) is 3.13. The van der Waals surface area contributed by atoms with E-state index in [-0.39, 0.29) is 29.9 Å². The number of nitrogens with zero attached hydrogens (tertiary/aromatic N) is 1. The first-order valence-electron chi connectivity index (χ1n) is 6.38. The molecule has 0 spiro atoms. The Bertz CT molecular complexity index is 334. The van der Waals surface area contributed by atoms with E-state index in [1.54, 1.807) is 6.08 Å². The number of likely N-dealkylation sites (tertiary alicyclic amines) is 1. The average Bonchev–Trinajstić information content (AvgIpc) is 2.88. The van der Waals surface area contributed by atoms with Crippen LogP contribution in [0.5, 0.6) is 0 Å². The fourth-order valence-corrected chi connectivity index (χ4v) is 2.71. The molecule has 4 heteroatoms. The van der Waals surface area contributed by atoms with Gasteiger partial charge in [-0.1, -0.05) is 18.9 Å². The van der Waals surface area contributed by atoms with Crippen molar-refractivity contribution in [2.45, 2.75) is 57.2 Å². The Balaban J connectivity index is 2.02. The van der Waals surface area contributed by atoms with Gasteiger partial charge in [0, 0.05) is 12.1 Å². The molecule has 1 N–H and O–H groups in total. The molecule has 94 valence electrons. The number of hydrogen-bond acceptors (Lipinski definition) is 3. The summed E-state index contributed by atoms with van der Waals surface area (Å²) >= 11 is 0. The number of amides is 2. The maximum Gasteiger partial charge on any atom is 0.247 e. The predicted octanol–water partition coefficient (Wildman–Crippen LogP) is 1.22. The molecular weight excluding hydrogens is 216 g/mol. The molecule has 0 aromatic rings. The van der Waals surface area contributed by atoms with Crippen LogP contribution in [-0.2, 0) is 9.59 Å². The minimum absolute atomic E-state index is 0.0179. The highest BCUT2D eigenvalue weighted by Crippen LogP contribution is 2.28. The van der Waals surface area contributed by atoms with Crippen LogP contribution in [0.4, 0.5) is 0 Å². The standard InChI is InChI=1S/C13H20N2O2/c1-3-9(2)14-11-8-12(16)15(13(11)17)10-6-4-5-7-10/h3,9-11,14H,1,4-8H2,2H3. The van der Waals surface area contributed by atoms with Gasteiger partial charge in [0.15, 0.2) is 0 Å². The van der Waals surface area contributed by atoms with Gasteiger partial charge >= 0.3 is 0 Å². The summed E-state index contributed by atoms with van der Waals surface area (Å²) < 4.78 is 0. The topological polar surface area (TPSA) is 49.4 Å². The Kier molecular flexibility index (Phi) is 3.62. The van der Waals surface area contributed by atoms with Gasteiger partial charge in [0.1, 0.15) is 0 Å². The van der Waals surface area contributed by atoms with Gasteiger partial charge in [-0.2, -0.15) is 0 Å². The molecule has 1 saturated carbocycles. The summed E-state index contributed by atoms with van der Waals surface area (Å²) in [6.45, 7) is 5.60. The molecule has 17 heavy (non-hydrogen) atoms. The van der Waals surface area contributed by atoms with Crippen LogP contribution in [0.1, 0.15) is 39.0 Å². The summed E-state index contributed by atoms with van der Waals surface area (Å²) in [5.74, 6) is -0.0636. The fraction of sp³-hybridized carbons (Fsp3) is 0.692. The third kappa shape index (κ3) is 2.41. The molecule has 1 aliphatic heterocycles. The molecule has 1 saturated heterocycles. The number of carbonyl (C=O) groups is 2. The fourth-order valence-electron chi connectivity index (χ4n) is 2.71. The Morgan fingerprint density at radius 1 is 1.41 bits per heavy atom. The van der Waals surface area contributed by atoms with E-state index in [4.69, 9.17) is 0 Å². The van der Waals surface area contributed by atoms with E-state index < -0.39 is 0 Å². The molecule has 1 aliphatic carbocycles. The van der Waals surface area contributed by atoms with Crippen molar-refractivity contribution in [2.24, 2.45) is 0 Å². The molecular formula is C13H20N2O2. The van der Waals surface area contributed by atoms with Gasteiger partial charge in [-0.3, -0.25) is 19.8 Å². The lowest BCUT2D eigenvalue weighted by Crippen LogP contribution is -2.44. The molecule has 2 rings (SSSR count). The number of hydrogen-bond donors (Lipinski definition) is 1. The Morgan fingerprint density at radius 3 is 2.65 bits per heavy atom. The Hall–Kier alpha value is -1.16. The molecule has 4 nitrogen and oxygen atoms in total. The van der Waals surface area contributed by atoms with Crippen LogP contribution in [0.2, 0.25) is 0 Å². The second-order valence-corrected chi connectivity index (χ2v) is 4.99.